The normalized spacial score (nSPS) is 12.2. The van der Waals surface area contributed by atoms with Gasteiger partial charge in [-0.15, -0.1) is 0 Å². The minimum Gasteiger partial charge on any atom is -0.339 e. The van der Waals surface area contributed by atoms with Crippen LogP contribution >= 0.6 is 0 Å². The van der Waals surface area contributed by atoms with Gasteiger partial charge < -0.3 is 9.15 Å². The summed E-state index contributed by atoms with van der Waals surface area (Å²) >= 11 is 0. The first-order chi connectivity index (χ1) is 15.5. The molecule has 32 heavy (non-hydrogen) atoms. The van der Waals surface area contributed by atoms with Crippen LogP contribution in [0.15, 0.2) is 0 Å². The fourth-order valence-corrected chi connectivity index (χ4v) is 14.2. The van der Waals surface area contributed by atoms with Crippen LogP contribution in [0.2, 0.25) is 36.3 Å². The Bertz CT molecular complexity index is 370. The summed E-state index contributed by atoms with van der Waals surface area (Å²) in [7, 11) is -6.99. The van der Waals surface area contributed by atoms with Crippen LogP contribution < -0.4 is 0 Å². The number of unbranched alkanes of at least 4 members (excludes halogenated alkanes) is 6. The molecule has 0 saturated heterocycles. The van der Waals surface area contributed by atoms with E-state index in [4.69, 9.17) is 18.3 Å². The summed E-state index contributed by atoms with van der Waals surface area (Å²) in [6.07, 6.45) is 13.7. The summed E-state index contributed by atoms with van der Waals surface area (Å²) in [5.74, 6) is 0. The lowest BCUT2D eigenvalue weighted by atomic mass is 10.4. The van der Waals surface area contributed by atoms with Crippen LogP contribution in [-0.2, 0) is 22.8 Å². The minimum absolute atomic E-state index is 1.07. The molecule has 0 N–H and O–H groups in total. The van der Waals surface area contributed by atoms with E-state index in [1.54, 1.807) is 0 Å². The van der Waals surface area contributed by atoms with Crippen molar-refractivity contribution in [1.29, 1.82) is 0 Å². The maximum atomic E-state index is 12.7. The second-order valence-corrected chi connectivity index (χ2v) is 18.5. The Morgan fingerprint density at radius 1 is 0.469 bits per heavy atom. The molecule has 0 aromatic rings. The summed E-state index contributed by atoms with van der Waals surface area (Å²) in [4.78, 5) is 0. The van der Waals surface area contributed by atoms with Gasteiger partial charge in [-0.2, -0.15) is 0 Å². The molecule has 192 valence electrons. The lowest BCUT2D eigenvalue weighted by Crippen LogP contribution is -2.42. The van der Waals surface area contributed by atoms with Crippen LogP contribution in [0.1, 0.15) is 119 Å². The predicted molar refractivity (Wildman–Crippen MR) is 141 cm³/mol. The van der Waals surface area contributed by atoms with Crippen LogP contribution in [0.4, 0.5) is 0 Å². The van der Waals surface area contributed by atoms with Gasteiger partial charge in [0.15, 0.2) is 0 Å². The molecule has 0 aliphatic carbocycles. The second kappa shape index (κ2) is 20.4. The highest BCUT2D eigenvalue weighted by Gasteiger charge is 2.40. The average molecular weight is 507 g/mol. The van der Waals surface area contributed by atoms with Crippen molar-refractivity contribution in [3.05, 3.63) is 0 Å². The molecular formula is C24H54O5Si3. The van der Waals surface area contributed by atoms with Crippen molar-refractivity contribution < 1.29 is 22.8 Å². The first kappa shape index (κ1) is 32.0. The summed E-state index contributed by atoms with van der Waals surface area (Å²) in [5, 5.41) is 0. The van der Waals surface area contributed by atoms with Gasteiger partial charge in [0.05, 0.1) is 0 Å². The van der Waals surface area contributed by atoms with Gasteiger partial charge in [-0.25, -0.2) is 0 Å². The topological polar surface area (TPSA) is 54.0 Å². The van der Waals surface area contributed by atoms with E-state index in [-0.39, 0.29) is 0 Å². The standard InChI is InChI=1S/C24H54O5Si3/c1-7-13-19-31(20-14-8-2,21-15-9-3)28-26-30(25)27-29-32(22-16-10-4,23-17-11-5)24-18-12-6/h7-24H2,1-6H3. The summed E-state index contributed by atoms with van der Waals surface area (Å²) < 4.78 is 35.9. The Hall–Kier alpha value is -0.0294. The Labute approximate surface area is 203 Å². The van der Waals surface area contributed by atoms with E-state index in [1.807, 2.05) is 0 Å². The molecule has 0 saturated carbocycles. The van der Waals surface area contributed by atoms with E-state index in [0.717, 1.165) is 113 Å². The molecule has 5 nitrogen and oxygen atoms in total. The van der Waals surface area contributed by atoms with Gasteiger partial charge in [0.2, 0.25) is 0 Å². The molecule has 0 unspecified atom stereocenters. The Morgan fingerprint density at radius 3 is 0.875 bits per heavy atom. The SMILES string of the molecule is CCCC[Si](CCCC)(CCCC)OO[Si](=O)OO[Si](CCCC)(CCCC)CCCC. The maximum absolute atomic E-state index is 12.7. The molecule has 0 fully saturated rings. The fraction of sp³-hybridized carbons (Fsp3) is 1.00. The molecule has 0 radical (unpaired) electrons. The van der Waals surface area contributed by atoms with Crippen LogP contribution in [0.5, 0.6) is 0 Å². The maximum Gasteiger partial charge on any atom is 0.833 e. The van der Waals surface area contributed by atoms with E-state index in [9.17, 15) is 4.46 Å². The highest BCUT2D eigenvalue weighted by Crippen LogP contribution is 2.31. The number of hydrogen-bond acceptors (Lipinski definition) is 5. The Balaban J connectivity index is 5.11. The van der Waals surface area contributed by atoms with E-state index in [1.165, 1.54) is 0 Å². The smallest absolute Gasteiger partial charge is 0.339 e. The number of hydrogen-bond donors (Lipinski definition) is 0. The highest BCUT2D eigenvalue weighted by molar-refractivity contribution is 6.74. The molecule has 0 aromatic carbocycles. The average Bonchev–Trinajstić information content (AvgIpc) is 2.82. The number of rotatable bonds is 24. The van der Waals surface area contributed by atoms with Gasteiger partial charge in [-0.3, -0.25) is 13.6 Å². The molecular weight excluding hydrogens is 453 g/mol. The highest BCUT2D eigenvalue weighted by atomic mass is 28.4. The zero-order valence-electron chi connectivity index (χ0n) is 22.3. The first-order valence-electron chi connectivity index (χ1n) is 13.7. The van der Waals surface area contributed by atoms with E-state index >= 15 is 0 Å². The van der Waals surface area contributed by atoms with Gasteiger partial charge in [0.1, 0.15) is 0 Å². The van der Waals surface area contributed by atoms with E-state index < -0.39 is 25.8 Å². The van der Waals surface area contributed by atoms with Gasteiger partial charge in [-0.1, -0.05) is 119 Å². The zero-order valence-corrected chi connectivity index (χ0v) is 25.3. The van der Waals surface area contributed by atoms with Crippen LogP contribution in [0, 0.1) is 0 Å². The Morgan fingerprint density at radius 2 is 0.688 bits per heavy atom. The minimum atomic E-state index is -2.83. The molecule has 8 heteroatoms. The quantitative estimate of drug-likeness (QED) is 0.0742. The molecule has 0 heterocycles. The third-order valence-corrected chi connectivity index (χ3v) is 15.7. The van der Waals surface area contributed by atoms with E-state index in [2.05, 4.69) is 41.5 Å². The monoisotopic (exact) mass is 506 g/mol. The van der Waals surface area contributed by atoms with Crippen molar-refractivity contribution in [3.63, 3.8) is 0 Å². The van der Waals surface area contributed by atoms with Crippen molar-refractivity contribution in [3.8, 4) is 0 Å². The summed E-state index contributed by atoms with van der Waals surface area (Å²) in [6, 6.07) is 6.43. The largest absolute Gasteiger partial charge is 0.833 e. The van der Waals surface area contributed by atoms with Crippen molar-refractivity contribution in [2.45, 2.75) is 155 Å². The molecule has 0 aliphatic rings. The fourth-order valence-electron chi connectivity index (χ4n) is 4.25. The van der Waals surface area contributed by atoms with Crippen molar-refractivity contribution in [1.82, 2.24) is 0 Å². The van der Waals surface area contributed by atoms with Gasteiger partial charge in [-0.05, 0) is 36.3 Å². The van der Waals surface area contributed by atoms with Gasteiger partial charge >= 0.3 is 9.17 Å². The van der Waals surface area contributed by atoms with E-state index in [0.29, 0.717) is 0 Å². The van der Waals surface area contributed by atoms with Crippen molar-refractivity contribution >= 4 is 25.8 Å². The first-order valence-corrected chi connectivity index (χ1v) is 20.0. The van der Waals surface area contributed by atoms with Crippen LogP contribution in [0.25, 0.3) is 0 Å². The third-order valence-electron chi connectivity index (χ3n) is 6.49. The summed E-state index contributed by atoms with van der Waals surface area (Å²) in [5.41, 5.74) is 0. The third kappa shape index (κ3) is 14.3. The molecule has 0 aromatic heterocycles. The lowest BCUT2D eigenvalue weighted by molar-refractivity contribution is -0.208. The van der Waals surface area contributed by atoms with Gasteiger partial charge in [0.25, 0.3) is 16.6 Å². The molecule has 0 rings (SSSR count). The Kier molecular flexibility index (Phi) is 20.3. The zero-order chi connectivity index (χ0) is 24.1. The van der Waals surface area contributed by atoms with Crippen LogP contribution in [0.3, 0.4) is 0 Å². The molecule has 0 aliphatic heterocycles. The second-order valence-electron chi connectivity index (χ2n) is 9.57. The van der Waals surface area contributed by atoms with Crippen LogP contribution in [-0.4, -0.2) is 25.8 Å². The summed E-state index contributed by atoms with van der Waals surface area (Å²) in [6.45, 7) is 13.3. The van der Waals surface area contributed by atoms with Crippen molar-refractivity contribution in [2.75, 3.05) is 0 Å². The van der Waals surface area contributed by atoms with Crippen molar-refractivity contribution in [2.24, 2.45) is 0 Å². The molecule has 0 spiro atoms. The molecule has 0 bridgehead atoms. The predicted octanol–water partition coefficient (Wildman–Crippen LogP) is 8.99. The lowest BCUT2D eigenvalue weighted by Gasteiger charge is -2.31. The molecule has 0 amide bonds. The van der Waals surface area contributed by atoms with Gasteiger partial charge in [0, 0.05) is 0 Å². The molecule has 0 atom stereocenters.